The van der Waals surface area contributed by atoms with E-state index < -0.39 is 157 Å². The van der Waals surface area contributed by atoms with E-state index in [2.05, 4.69) is 52.8 Å². The van der Waals surface area contributed by atoms with Crippen LogP contribution < -0.4 is 82.3 Å². The molecule has 0 aromatic carbocycles. The van der Waals surface area contributed by atoms with Gasteiger partial charge in [-0.05, 0) is 83.1 Å². The SMILES string of the molecule is CC(C)C[C@H](NC(=O)[C@H](C)NC(=O)[C@@H](N)CCCCN)C(=O)N[C@@H](CC(N)=O)C(=O)N[C@@H](CCCN=C(N)N)C(=O)N[C@@H](CCC(N)=O)C(=O)N[C@@H](CC(C)C)C(=O)NCC(=O)N[C@H](C(=O)N[C@@H](C)C(=O)O)C(C)C. The molecule has 29 nitrogen and oxygen atoms in total. The summed E-state index contributed by atoms with van der Waals surface area (Å²) < 4.78 is 0. The molecule has 11 amide bonds. The van der Waals surface area contributed by atoms with Gasteiger partial charge in [0, 0.05) is 13.0 Å². The molecule has 0 fully saturated rings. The number of aliphatic imine (C=N–C) groups is 1. The molecule has 0 aromatic rings. The van der Waals surface area contributed by atoms with Crippen LogP contribution in [0.4, 0.5) is 0 Å². The number of nitrogens with one attached hydrogen (secondary N) is 9. The summed E-state index contributed by atoms with van der Waals surface area (Å²) in [4.78, 5) is 160. The van der Waals surface area contributed by atoms with Crippen LogP contribution in [0.1, 0.15) is 120 Å². The van der Waals surface area contributed by atoms with Crippen molar-refractivity contribution in [2.45, 2.75) is 174 Å². The van der Waals surface area contributed by atoms with E-state index in [1.165, 1.54) is 13.8 Å². The number of nitrogens with zero attached hydrogens (tertiary/aromatic N) is 1. The van der Waals surface area contributed by atoms with Crippen molar-refractivity contribution in [2.24, 2.45) is 57.1 Å². The van der Waals surface area contributed by atoms with Crippen molar-refractivity contribution in [3.8, 4) is 0 Å². The Labute approximate surface area is 437 Å². The highest BCUT2D eigenvalue weighted by Gasteiger charge is 2.35. The Bertz CT molecular complexity index is 2000. The Morgan fingerprint density at radius 2 is 0.973 bits per heavy atom. The van der Waals surface area contributed by atoms with E-state index >= 15 is 0 Å². The number of carboxylic acids is 1. The summed E-state index contributed by atoms with van der Waals surface area (Å²) >= 11 is 0. The maximum absolute atomic E-state index is 14.1. The minimum atomic E-state index is -1.74. The van der Waals surface area contributed by atoms with Crippen LogP contribution in [-0.4, -0.2) is 156 Å². The molecule has 0 spiro atoms. The van der Waals surface area contributed by atoms with Gasteiger partial charge in [-0.15, -0.1) is 0 Å². The Balaban J connectivity index is 6.60. The first kappa shape index (κ1) is 67.8. The summed E-state index contributed by atoms with van der Waals surface area (Å²) in [7, 11) is 0. The molecule has 0 aromatic heterocycles. The number of carboxylic acid groups (broad SMARTS) is 1. The van der Waals surface area contributed by atoms with E-state index in [9.17, 15) is 62.6 Å². The van der Waals surface area contributed by atoms with Crippen LogP contribution in [0.2, 0.25) is 0 Å². The molecule has 0 saturated carbocycles. The van der Waals surface area contributed by atoms with Gasteiger partial charge >= 0.3 is 5.97 Å². The average molecular weight is 1070 g/mol. The number of amides is 11. The van der Waals surface area contributed by atoms with Crippen molar-refractivity contribution < 1.29 is 62.6 Å². The van der Waals surface area contributed by atoms with E-state index in [4.69, 9.17) is 34.4 Å². The van der Waals surface area contributed by atoms with Crippen molar-refractivity contribution in [1.29, 1.82) is 0 Å². The average Bonchev–Trinajstić information content (AvgIpc) is 3.30. The number of primary amides is 2. The van der Waals surface area contributed by atoms with Gasteiger partial charge in [-0.3, -0.25) is 62.5 Å². The number of carbonyl (C=O) groups is 12. The van der Waals surface area contributed by atoms with E-state index in [0.29, 0.717) is 25.8 Å². The number of hydrogen-bond acceptors (Lipinski definition) is 15. The van der Waals surface area contributed by atoms with Gasteiger partial charge in [0.05, 0.1) is 19.0 Å². The highest BCUT2D eigenvalue weighted by Crippen LogP contribution is 2.11. The Kier molecular flexibility index (Phi) is 31.7. The third-order valence-electron chi connectivity index (χ3n) is 11.1. The molecule has 0 aliphatic carbocycles. The van der Waals surface area contributed by atoms with Gasteiger partial charge in [0.15, 0.2) is 5.96 Å². The summed E-state index contributed by atoms with van der Waals surface area (Å²) in [5, 5.41) is 31.2. The van der Waals surface area contributed by atoms with Gasteiger partial charge in [0.2, 0.25) is 65.0 Å². The molecule has 22 N–H and O–H groups in total. The lowest BCUT2D eigenvalue weighted by atomic mass is 10.0. The second kappa shape index (κ2) is 35.1. The van der Waals surface area contributed by atoms with Crippen molar-refractivity contribution in [2.75, 3.05) is 19.6 Å². The number of unbranched alkanes of at least 4 members (excludes halogenated alkanes) is 1. The molecule has 75 heavy (non-hydrogen) atoms. The fraction of sp³-hybridized carbons (Fsp3) is 0.717. The minimum Gasteiger partial charge on any atom is -0.480 e. The normalized spacial score (nSPS) is 14.7. The van der Waals surface area contributed by atoms with Gasteiger partial charge < -0.3 is 87.4 Å². The molecule has 0 bridgehead atoms. The van der Waals surface area contributed by atoms with Crippen molar-refractivity contribution in [1.82, 2.24) is 47.9 Å². The van der Waals surface area contributed by atoms with E-state index in [1.54, 1.807) is 41.5 Å². The zero-order valence-electron chi connectivity index (χ0n) is 44.4. The summed E-state index contributed by atoms with van der Waals surface area (Å²) in [6, 6.07) is -12.0. The molecule has 9 atom stereocenters. The molecular weight excluding hydrogens is 985 g/mol. The molecule has 29 heteroatoms. The molecule has 0 unspecified atom stereocenters. The highest BCUT2D eigenvalue weighted by molar-refractivity contribution is 5.99. The summed E-state index contributed by atoms with van der Waals surface area (Å²) in [6.07, 6.45) is -0.274. The van der Waals surface area contributed by atoms with Crippen molar-refractivity contribution in [3.05, 3.63) is 0 Å². The van der Waals surface area contributed by atoms with Crippen LogP contribution in [-0.2, 0) is 57.5 Å². The predicted octanol–water partition coefficient (Wildman–Crippen LogP) is -5.50. The Morgan fingerprint density at radius 3 is 1.47 bits per heavy atom. The Morgan fingerprint density at radius 1 is 0.493 bits per heavy atom. The number of nitrogens with two attached hydrogens (primary N) is 6. The van der Waals surface area contributed by atoms with E-state index in [0.717, 1.165) is 0 Å². The van der Waals surface area contributed by atoms with Crippen molar-refractivity contribution >= 4 is 76.9 Å². The highest BCUT2D eigenvalue weighted by atomic mass is 16.4. The van der Waals surface area contributed by atoms with Gasteiger partial charge in [-0.1, -0.05) is 48.0 Å². The van der Waals surface area contributed by atoms with Gasteiger partial charge in [-0.25, -0.2) is 0 Å². The molecule has 0 saturated heterocycles. The quantitative estimate of drug-likeness (QED) is 0.0157. The number of rotatable bonds is 37. The van der Waals surface area contributed by atoms with Crippen LogP contribution in [0.15, 0.2) is 4.99 Å². The molecule has 0 heterocycles. The lowest BCUT2D eigenvalue weighted by Gasteiger charge is -2.28. The first-order valence-electron chi connectivity index (χ1n) is 24.9. The first-order valence-corrected chi connectivity index (χ1v) is 24.9. The fourth-order valence-corrected chi connectivity index (χ4v) is 6.97. The molecule has 426 valence electrons. The molecule has 0 aliphatic rings. The van der Waals surface area contributed by atoms with Crippen LogP contribution in [0, 0.1) is 17.8 Å². The van der Waals surface area contributed by atoms with Gasteiger partial charge in [0.1, 0.15) is 48.3 Å². The number of aliphatic carboxylic acids is 1. The largest absolute Gasteiger partial charge is 0.480 e. The summed E-state index contributed by atoms with van der Waals surface area (Å²) in [6.45, 7) is 12.5. The first-order chi connectivity index (χ1) is 34.9. The molecule has 0 aliphatic heterocycles. The topological polar surface area (TPSA) is 502 Å². The van der Waals surface area contributed by atoms with Crippen LogP contribution in [0.25, 0.3) is 0 Å². The summed E-state index contributed by atoms with van der Waals surface area (Å²) in [5.41, 5.74) is 33.3. The smallest absolute Gasteiger partial charge is 0.325 e. The van der Waals surface area contributed by atoms with E-state index in [-0.39, 0.29) is 50.0 Å². The minimum absolute atomic E-state index is 0.00179. The third kappa shape index (κ3) is 28.8. The number of carbonyl (C=O) groups excluding carboxylic acids is 11. The zero-order valence-corrected chi connectivity index (χ0v) is 44.4. The lowest BCUT2D eigenvalue weighted by Crippen LogP contribution is -2.60. The monoisotopic (exact) mass is 1070 g/mol. The molecule has 0 rings (SSSR count). The summed E-state index contributed by atoms with van der Waals surface area (Å²) in [5.74, 6) is -12.3. The fourth-order valence-electron chi connectivity index (χ4n) is 6.97. The van der Waals surface area contributed by atoms with Gasteiger partial charge in [0.25, 0.3) is 0 Å². The zero-order chi connectivity index (χ0) is 57.7. The lowest BCUT2D eigenvalue weighted by molar-refractivity contribution is -0.142. The van der Waals surface area contributed by atoms with Gasteiger partial charge in [-0.2, -0.15) is 0 Å². The number of hydrogen-bond donors (Lipinski definition) is 16. The standard InChI is InChI=1S/C46H84N16O13/c1-22(2)18-30(39(68)54-21-35(65)62-36(24(5)6)44(73)56-26(8)45(74)75)60-41(70)29(14-15-33(49)63)58-40(69)28(13-11-17-53-46(51)52)57-43(72)32(20-34(50)64)61-42(71)31(19-23(3)4)59-37(66)25(7)55-38(67)27(48)12-9-10-16-47/h22-32,36H,9-21,47-48H2,1-8H3,(H2,49,63)(H2,50,64)(H,54,68)(H,55,67)(H,56,73)(H,57,72)(H,58,69)(H,59,66)(H,60,70)(H,61,71)(H,62,65)(H,74,75)(H4,51,52,53)/t25-,26-,27-,28-,29-,30-,31-,32-,36-/m0/s1. The van der Waals surface area contributed by atoms with Crippen LogP contribution in [0.3, 0.4) is 0 Å². The maximum Gasteiger partial charge on any atom is 0.325 e. The predicted molar refractivity (Wildman–Crippen MR) is 274 cm³/mol. The van der Waals surface area contributed by atoms with E-state index in [1.807, 2.05) is 0 Å². The maximum atomic E-state index is 14.1. The Hall–Kier alpha value is -7.17. The molecule has 0 radical (unpaired) electrons. The van der Waals surface area contributed by atoms with Crippen LogP contribution in [0.5, 0.6) is 0 Å². The third-order valence-corrected chi connectivity index (χ3v) is 11.1. The van der Waals surface area contributed by atoms with Crippen molar-refractivity contribution in [3.63, 3.8) is 0 Å². The van der Waals surface area contributed by atoms with Crippen LogP contribution >= 0.6 is 0 Å². The second-order valence-corrected chi connectivity index (χ2v) is 19.4. The molecular formula is C46H84N16O13. The second-order valence-electron chi connectivity index (χ2n) is 19.4. The number of guanidine groups is 1.